The first-order valence-electron chi connectivity index (χ1n) is 13.3. The minimum absolute atomic E-state index is 0.211. The zero-order valence-corrected chi connectivity index (χ0v) is 23.2. The molecule has 5 rings (SSSR count). The van der Waals surface area contributed by atoms with Crippen molar-refractivity contribution < 1.29 is 9.53 Å². The van der Waals surface area contributed by atoms with E-state index in [1.807, 2.05) is 54.6 Å². The number of amides is 1. The molecule has 0 spiro atoms. The number of rotatable bonds is 6. The van der Waals surface area contributed by atoms with Gasteiger partial charge < -0.3 is 10.1 Å². The van der Waals surface area contributed by atoms with Crippen molar-refractivity contribution in [2.24, 2.45) is 11.3 Å². The van der Waals surface area contributed by atoms with E-state index in [0.29, 0.717) is 34.3 Å². The van der Waals surface area contributed by atoms with Crippen molar-refractivity contribution >= 4 is 33.1 Å². The number of anilines is 1. The van der Waals surface area contributed by atoms with Crippen LogP contribution in [0.25, 0.3) is 22.2 Å². The lowest BCUT2D eigenvalue weighted by Crippen LogP contribution is -2.26. The molecule has 2 aromatic carbocycles. The van der Waals surface area contributed by atoms with Crippen molar-refractivity contribution in [1.82, 2.24) is 4.98 Å². The van der Waals surface area contributed by atoms with Gasteiger partial charge in [0, 0.05) is 15.8 Å². The number of fused-ring (bicyclic) bond motifs is 2. The number of ether oxygens (including phenoxy) is 1. The van der Waals surface area contributed by atoms with Gasteiger partial charge in [-0.15, -0.1) is 11.3 Å². The fourth-order valence-electron chi connectivity index (χ4n) is 5.18. The van der Waals surface area contributed by atoms with Gasteiger partial charge >= 0.3 is 0 Å². The highest BCUT2D eigenvalue weighted by Gasteiger charge is 2.32. The first-order chi connectivity index (χ1) is 18.3. The van der Waals surface area contributed by atoms with Crippen LogP contribution in [-0.4, -0.2) is 17.5 Å². The molecule has 1 aliphatic carbocycles. The molecule has 38 heavy (non-hydrogen) atoms. The third kappa shape index (κ3) is 5.16. The molecule has 2 heterocycles. The maximum absolute atomic E-state index is 13.8. The van der Waals surface area contributed by atoms with E-state index in [1.165, 1.54) is 4.88 Å². The van der Waals surface area contributed by atoms with Gasteiger partial charge in [-0.05, 0) is 66.8 Å². The Hall–Kier alpha value is -3.69. The van der Waals surface area contributed by atoms with Crippen molar-refractivity contribution in [3.8, 4) is 23.1 Å². The van der Waals surface area contributed by atoms with Crippen molar-refractivity contribution in [2.45, 2.75) is 53.4 Å². The summed E-state index contributed by atoms with van der Waals surface area (Å²) in [6.45, 7) is 9.56. The second-order valence-electron chi connectivity index (χ2n) is 11.0. The Labute approximate surface area is 228 Å². The minimum Gasteiger partial charge on any atom is -0.494 e. The Morgan fingerprint density at radius 1 is 1.18 bits per heavy atom. The molecular formula is C32H33N3O2S. The van der Waals surface area contributed by atoms with Crippen LogP contribution in [0, 0.1) is 22.7 Å². The maximum Gasteiger partial charge on any atom is 0.257 e. The SMILES string of the molecule is CCCOc1cccc(-c2cc(C(=O)Nc3sc4c(c3C#N)CC[C@@H](C(C)(C)C)C4)c3ccccc3n2)c1. The molecule has 194 valence electrons. The van der Waals surface area contributed by atoms with Crippen LogP contribution in [-0.2, 0) is 12.8 Å². The summed E-state index contributed by atoms with van der Waals surface area (Å²) in [5, 5.41) is 14.5. The fraction of sp³-hybridized carbons (Fsp3) is 0.344. The van der Waals surface area contributed by atoms with Gasteiger partial charge in [-0.25, -0.2) is 4.98 Å². The number of carbonyl (C=O) groups is 1. The molecule has 2 aromatic heterocycles. The molecule has 6 heteroatoms. The molecule has 5 nitrogen and oxygen atoms in total. The van der Waals surface area contributed by atoms with Gasteiger partial charge in [-0.2, -0.15) is 5.26 Å². The van der Waals surface area contributed by atoms with Crippen LogP contribution in [0.2, 0.25) is 0 Å². The summed E-state index contributed by atoms with van der Waals surface area (Å²) in [5.74, 6) is 1.11. The van der Waals surface area contributed by atoms with Crippen molar-refractivity contribution in [2.75, 3.05) is 11.9 Å². The Balaban J connectivity index is 1.51. The quantitative estimate of drug-likeness (QED) is 0.278. The molecule has 4 aromatic rings. The Bertz CT molecular complexity index is 1540. The highest BCUT2D eigenvalue weighted by Crippen LogP contribution is 2.44. The largest absolute Gasteiger partial charge is 0.494 e. The zero-order valence-electron chi connectivity index (χ0n) is 22.4. The fourth-order valence-corrected chi connectivity index (χ4v) is 6.45. The first kappa shape index (κ1) is 25.9. The van der Waals surface area contributed by atoms with E-state index in [4.69, 9.17) is 9.72 Å². The highest BCUT2D eigenvalue weighted by molar-refractivity contribution is 7.16. The topological polar surface area (TPSA) is 75.0 Å². The van der Waals surface area contributed by atoms with E-state index in [9.17, 15) is 10.1 Å². The normalized spacial score (nSPS) is 15.1. The second-order valence-corrected chi connectivity index (χ2v) is 12.1. The molecule has 1 aliphatic rings. The lowest BCUT2D eigenvalue weighted by atomic mass is 9.72. The molecule has 0 aliphatic heterocycles. The van der Waals surface area contributed by atoms with Crippen molar-refractivity contribution in [3.05, 3.63) is 76.2 Å². The molecule has 0 fully saturated rings. The van der Waals surface area contributed by atoms with Gasteiger partial charge in [-0.3, -0.25) is 4.79 Å². The van der Waals surface area contributed by atoms with Crippen LogP contribution in [0.15, 0.2) is 54.6 Å². The summed E-state index contributed by atoms with van der Waals surface area (Å²) in [6.07, 6.45) is 3.82. The smallest absolute Gasteiger partial charge is 0.257 e. The predicted octanol–water partition coefficient (Wildman–Crippen LogP) is 8.03. The number of hydrogen-bond donors (Lipinski definition) is 1. The highest BCUT2D eigenvalue weighted by atomic mass is 32.1. The third-order valence-corrected chi connectivity index (χ3v) is 8.56. The summed E-state index contributed by atoms with van der Waals surface area (Å²) < 4.78 is 5.82. The number of hydrogen-bond acceptors (Lipinski definition) is 5. The van der Waals surface area contributed by atoms with Crippen LogP contribution >= 0.6 is 11.3 Å². The van der Waals surface area contributed by atoms with Crippen LogP contribution in [0.4, 0.5) is 5.00 Å². The number of pyridine rings is 1. The third-order valence-electron chi connectivity index (χ3n) is 7.39. The number of thiophene rings is 1. The molecule has 0 unspecified atom stereocenters. The van der Waals surface area contributed by atoms with E-state index in [1.54, 1.807) is 11.3 Å². The van der Waals surface area contributed by atoms with E-state index in [0.717, 1.165) is 53.5 Å². The average molecular weight is 524 g/mol. The standard InChI is InChI=1S/C32H33N3O2S/c1-5-15-37-22-10-8-9-20(16-22)28-18-25(23-11-6-7-12-27(23)34-28)30(36)35-31-26(19-33)24-14-13-21(32(2,3)4)17-29(24)38-31/h6-12,16,18,21H,5,13-15,17H2,1-4H3,(H,35,36)/t21-/m1/s1. The summed E-state index contributed by atoms with van der Waals surface area (Å²) in [4.78, 5) is 19.8. The molecule has 0 radical (unpaired) electrons. The van der Waals surface area contributed by atoms with Gasteiger partial charge in [0.2, 0.25) is 0 Å². The molecule has 0 saturated heterocycles. The maximum atomic E-state index is 13.8. The average Bonchev–Trinajstić information content (AvgIpc) is 3.27. The van der Waals surface area contributed by atoms with Gasteiger partial charge in [0.15, 0.2) is 0 Å². The van der Waals surface area contributed by atoms with Gasteiger partial charge in [0.05, 0.1) is 28.9 Å². The number of nitrogens with one attached hydrogen (secondary N) is 1. The molecule has 1 amide bonds. The van der Waals surface area contributed by atoms with Gasteiger partial charge in [0.25, 0.3) is 5.91 Å². The van der Waals surface area contributed by atoms with Crippen molar-refractivity contribution in [3.63, 3.8) is 0 Å². The molecule has 0 saturated carbocycles. The zero-order chi connectivity index (χ0) is 26.9. The number of carbonyl (C=O) groups excluding carboxylic acids is 1. The lowest BCUT2D eigenvalue weighted by Gasteiger charge is -2.33. The molecular weight excluding hydrogens is 490 g/mol. The van der Waals surface area contributed by atoms with E-state index in [-0.39, 0.29) is 11.3 Å². The van der Waals surface area contributed by atoms with E-state index < -0.39 is 0 Å². The number of para-hydroxylation sites is 1. The number of aromatic nitrogens is 1. The Morgan fingerprint density at radius 2 is 2.00 bits per heavy atom. The number of nitrogens with zero attached hydrogens (tertiary/aromatic N) is 2. The van der Waals surface area contributed by atoms with Gasteiger partial charge in [0.1, 0.15) is 16.8 Å². The summed E-state index contributed by atoms with van der Waals surface area (Å²) >= 11 is 1.56. The monoisotopic (exact) mass is 523 g/mol. The van der Waals surface area contributed by atoms with Crippen LogP contribution < -0.4 is 10.1 Å². The summed E-state index contributed by atoms with van der Waals surface area (Å²) in [6, 6.07) is 19.7. The summed E-state index contributed by atoms with van der Waals surface area (Å²) in [5.41, 5.74) is 4.80. The lowest BCUT2D eigenvalue weighted by molar-refractivity contribution is 0.102. The van der Waals surface area contributed by atoms with E-state index in [2.05, 4.69) is 39.1 Å². The van der Waals surface area contributed by atoms with Crippen LogP contribution in [0.5, 0.6) is 5.75 Å². The predicted molar refractivity (Wildman–Crippen MR) is 155 cm³/mol. The Morgan fingerprint density at radius 3 is 2.76 bits per heavy atom. The van der Waals surface area contributed by atoms with Crippen LogP contribution in [0.1, 0.15) is 66.9 Å². The second kappa shape index (κ2) is 10.6. The van der Waals surface area contributed by atoms with Crippen LogP contribution in [0.3, 0.4) is 0 Å². The number of benzene rings is 2. The van der Waals surface area contributed by atoms with Crippen molar-refractivity contribution in [1.29, 1.82) is 5.26 Å². The summed E-state index contributed by atoms with van der Waals surface area (Å²) in [7, 11) is 0. The molecule has 0 bridgehead atoms. The minimum atomic E-state index is -0.231. The first-order valence-corrected chi connectivity index (χ1v) is 14.1. The van der Waals surface area contributed by atoms with Gasteiger partial charge in [-0.1, -0.05) is 58.0 Å². The number of nitriles is 1. The molecule has 1 atom stereocenters. The molecule has 1 N–H and O–H groups in total. The van der Waals surface area contributed by atoms with E-state index >= 15 is 0 Å². The Kier molecular flexibility index (Phi) is 7.23.